The molecule has 3 saturated carbocycles. The van der Waals surface area contributed by atoms with Crippen LogP contribution in [0.2, 0.25) is 0 Å². The minimum Gasteiger partial charge on any atom is -0.374 e. The van der Waals surface area contributed by atoms with Gasteiger partial charge >= 0.3 is 0 Å². The molecule has 2 heteroatoms. The molecule has 0 spiro atoms. The van der Waals surface area contributed by atoms with Crippen LogP contribution in [0.3, 0.4) is 0 Å². The van der Waals surface area contributed by atoms with Crippen molar-refractivity contribution in [2.45, 2.75) is 126 Å². The molecule has 11 unspecified atom stereocenters. The van der Waals surface area contributed by atoms with E-state index in [9.17, 15) is 0 Å². The fourth-order valence-corrected chi connectivity index (χ4v) is 13.6. The zero-order valence-corrected chi connectivity index (χ0v) is 29.6. The van der Waals surface area contributed by atoms with Gasteiger partial charge in [-0.05, 0) is 142 Å². The monoisotopic (exact) mass is 651 g/mol. The van der Waals surface area contributed by atoms with Crippen LogP contribution >= 0.6 is 0 Å². The third-order valence-electron chi connectivity index (χ3n) is 15.2. The van der Waals surface area contributed by atoms with Gasteiger partial charge in [-0.15, -0.1) is 0 Å². The second kappa shape index (κ2) is 12.7. The van der Waals surface area contributed by atoms with Gasteiger partial charge in [-0.2, -0.15) is 0 Å². The van der Waals surface area contributed by atoms with Crippen LogP contribution < -0.4 is 0 Å². The lowest BCUT2D eigenvalue weighted by molar-refractivity contribution is -0.0221. The summed E-state index contributed by atoms with van der Waals surface area (Å²) in [7, 11) is 0. The quantitative estimate of drug-likeness (QED) is 0.294. The number of rotatable bonds is 5. The Morgan fingerprint density at radius 1 is 0.735 bits per heavy atom. The van der Waals surface area contributed by atoms with Gasteiger partial charge in [-0.25, -0.2) is 0 Å². The maximum absolute atomic E-state index is 7.43. The molecule has 11 atom stereocenters. The molecule has 0 amide bonds. The largest absolute Gasteiger partial charge is 0.374 e. The SMILES string of the molecule is C1=CC2CCC=CC2C(N(C2=CCCC=C2)C2CCC3C(C2)OC2CCCC(C4(c5ccccc5)C5=C(CCC=C5)C5CCCCC54)C23)=C1. The fraction of sp³-hybridized carbons (Fsp3) is 0.574. The van der Waals surface area contributed by atoms with Crippen molar-refractivity contribution in [2.75, 3.05) is 0 Å². The third kappa shape index (κ3) is 4.89. The molecule has 0 radical (unpaired) electrons. The minimum atomic E-state index is 0.155. The summed E-state index contributed by atoms with van der Waals surface area (Å²) in [4.78, 5) is 2.82. The maximum atomic E-state index is 7.43. The van der Waals surface area contributed by atoms with Crippen molar-refractivity contribution in [1.82, 2.24) is 4.90 Å². The predicted molar refractivity (Wildman–Crippen MR) is 200 cm³/mol. The molecule has 1 saturated heterocycles. The molecule has 10 rings (SSSR count). The second-order valence-electron chi connectivity index (χ2n) is 17.2. The summed E-state index contributed by atoms with van der Waals surface area (Å²) in [5.74, 6) is 4.75. The Morgan fingerprint density at radius 2 is 1.63 bits per heavy atom. The number of hydrogen-bond donors (Lipinski definition) is 0. The summed E-state index contributed by atoms with van der Waals surface area (Å²) < 4.78 is 7.43. The minimum absolute atomic E-state index is 0.155. The number of allylic oxidation sites excluding steroid dienone is 12. The Balaban J connectivity index is 1.01. The Morgan fingerprint density at radius 3 is 2.55 bits per heavy atom. The van der Waals surface area contributed by atoms with Crippen LogP contribution in [0.15, 0.2) is 114 Å². The highest BCUT2D eigenvalue weighted by molar-refractivity contribution is 5.54. The lowest BCUT2D eigenvalue weighted by atomic mass is 9.50. The molecule has 0 aromatic heterocycles. The van der Waals surface area contributed by atoms with E-state index in [0.29, 0.717) is 47.8 Å². The molecular formula is C47H57NO. The van der Waals surface area contributed by atoms with Crippen LogP contribution in [0.1, 0.15) is 108 Å². The molecule has 1 heterocycles. The predicted octanol–water partition coefficient (Wildman–Crippen LogP) is 11.3. The van der Waals surface area contributed by atoms with E-state index in [4.69, 9.17) is 4.74 Å². The van der Waals surface area contributed by atoms with Gasteiger partial charge in [0.2, 0.25) is 0 Å². The number of benzene rings is 1. The average molecular weight is 652 g/mol. The normalized spacial score (nSPS) is 42.0. The molecule has 4 fully saturated rings. The van der Waals surface area contributed by atoms with Crippen molar-refractivity contribution in [3.8, 4) is 0 Å². The van der Waals surface area contributed by atoms with Crippen molar-refractivity contribution >= 4 is 0 Å². The van der Waals surface area contributed by atoms with Crippen molar-refractivity contribution in [1.29, 1.82) is 0 Å². The maximum Gasteiger partial charge on any atom is 0.0630 e. The Labute approximate surface area is 295 Å². The summed E-state index contributed by atoms with van der Waals surface area (Å²) >= 11 is 0. The van der Waals surface area contributed by atoms with Crippen molar-refractivity contribution in [3.05, 3.63) is 119 Å². The number of hydrogen-bond acceptors (Lipinski definition) is 2. The molecular weight excluding hydrogens is 595 g/mol. The topological polar surface area (TPSA) is 12.5 Å². The van der Waals surface area contributed by atoms with E-state index in [1.807, 2.05) is 5.57 Å². The van der Waals surface area contributed by atoms with E-state index in [2.05, 4.69) is 96.0 Å². The van der Waals surface area contributed by atoms with Gasteiger partial charge in [-0.1, -0.05) is 104 Å². The molecule has 2 nitrogen and oxygen atoms in total. The molecule has 1 aliphatic heterocycles. The van der Waals surface area contributed by atoms with Crippen molar-refractivity contribution < 1.29 is 4.74 Å². The highest BCUT2D eigenvalue weighted by Gasteiger charge is 2.63. The lowest BCUT2D eigenvalue weighted by Gasteiger charge is -2.53. The van der Waals surface area contributed by atoms with Gasteiger partial charge in [0.25, 0.3) is 0 Å². The van der Waals surface area contributed by atoms with Crippen LogP contribution in [0, 0.1) is 41.4 Å². The molecule has 49 heavy (non-hydrogen) atoms. The second-order valence-corrected chi connectivity index (χ2v) is 17.2. The Bertz CT molecular complexity index is 1640. The number of fused-ring (bicyclic) bond motifs is 6. The standard InChI is InChI=1S/C47H57NO/c1-3-17-33(18-4-1)47(40-24-11-9-22-37(40)38-23-10-12-25-41(38)47)42-26-14-28-44-46(42)39-30-29-35(31-45(39)49-44)48(34-19-5-2-6-20-34)43-27-13-16-32-15-7-8-21-36(32)43/h1,3-5,8,11,13,16-21,24,27,32,35-36,38-39,41-42,44-46H,2,6-7,9-10,12,14-15,22-23,25-26,28-31H2. The fourth-order valence-electron chi connectivity index (χ4n) is 13.6. The van der Waals surface area contributed by atoms with Gasteiger partial charge in [0.1, 0.15) is 0 Å². The summed E-state index contributed by atoms with van der Waals surface area (Å²) in [6.07, 6.45) is 46.4. The Hall–Kier alpha value is -2.84. The van der Waals surface area contributed by atoms with Crippen LogP contribution in [0.5, 0.6) is 0 Å². The zero-order chi connectivity index (χ0) is 32.4. The molecule has 0 N–H and O–H groups in total. The van der Waals surface area contributed by atoms with E-state index in [1.54, 1.807) is 16.8 Å². The molecule has 8 aliphatic carbocycles. The van der Waals surface area contributed by atoms with Crippen molar-refractivity contribution in [3.63, 3.8) is 0 Å². The summed E-state index contributed by atoms with van der Waals surface area (Å²) in [6.45, 7) is 0. The number of nitrogens with zero attached hydrogens (tertiary/aromatic N) is 1. The number of ether oxygens (including phenoxy) is 1. The molecule has 9 aliphatic rings. The highest BCUT2D eigenvalue weighted by atomic mass is 16.5. The van der Waals surface area contributed by atoms with Gasteiger partial charge < -0.3 is 9.64 Å². The van der Waals surface area contributed by atoms with E-state index in [-0.39, 0.29) is 5.41 Å². The van der Waals surface area contributed by atoms with Crippen LogP contribution in [-0.2, 0) is 10.2 Å². The van der Waals surface area contributed by atoms with Crippen molar-refractivity contribution in [2.24, 2.45) is 41.4 Å². The zero-order valence-electron chi connectivity index (χ0n) is 29.6. The lowest BCUT2D eigenvalue weighted by Crippen LogP contribution is -2.51. The first-order valence-corrected chi connectivity index (χ1v) is 20.6. The van der Waals surface area contributed by atoms with Crippen LogP contribution in [0.4, 0.5) is 0 Å². The molecule has 256 valence electrons. The van der Waals surface area contributed by atoms with E-state index in [0.717, 1.165) is 18.3 Å². The molecule has 1 aromatic carbocycles. The average Bonchev–Trinajstić information content (AvgIpc) is 3.70. The first kappa shape index (κ1) is 30.9. The van der Waals surface area contributed by atoms with Crippen LogP contribution in [0.25, 0.3) is 0 Å². The Kier molecular flexibility index (Phi) is 8.04. The van der Waals surface area contributed by atoms with Gasteiger partial charge in [0, 0.05) is 28.8 Å². The van der Waals surface area contributed by atoms with Gasteiger partial charge in [-0.3, -0.25) is 0 Å². The smallest absolute Gasteiger partial charge is 0.0630 e. The summed E-state index contributed by atoms with van der Waals surface area (Å²) in [5, 5.41) is 0. The summed E-state index contributed by atoms with van der Waals surface area (Å²) in [6, 6.07) is 12.5. The first-order chi connectivity index (χ1) is 24.3. The molecule has 1 aromatic rings. The van der Waals surface area contributed by atoms with Gasteiger partial charge in [0.05, 0.1) is 12.2 Å². The third-order valence-corrected chi connectivity index (χ3v) is 15.2. The highest BCUT2D eigenvalue weighted by Crippen LogP contribution is 2.67. The molecule has 0 bridgehead atoms. The van der Waals surface area contributed by atoms with E-state index in [1.165, 1.54) is 102 Å². The first-order valence-electron chi connectivity index (χ1n) is 20.6. The van der Waals surface area contributed by atoms with Crippen LogP contribution in [-0.4, -0.2) is 23.1 Å². The van der Waals surface area contributed by atoms with E-state index < -0.39 is 0 Å². The van der Waals surface area contributed by atoms with E-state index >= 15 is 0 Å². The summed E-state index contributed by atoms with van der Waals surface area (Å²) in [5.41, 5.74) is 8.43. The van der Waals surface area contributed by atoms with Gasteiger partial charge in [0.15, 0.2) is 0 Å².